The van der Waals surface area contributed by atoms with Gasteiger partial charge in [-0.2, -0.15) is 0 Å². The molecule has 1 aromatic heterocycles. The first-order chi connectivity index (χ1) is 11.6. The zero-order valence-electron chi connectivity index (χ0n) is 13.3. The van der Waals surface area contributed by atoms with Crippen LogP contribution in [-0.4, -0.2) is 22.2 Å². The molecule has 2 N–H and O–H groups in total. The molecule has 1 heterocycles. The summed E-state index contributed by atoms with van der Waals surface area (Å²) in [5.41, 5.74) is 1.77. The molecule has 0 saturated carbocycles. The van der Waals surface area contributed by atoms with Gasteiger partial charge in [0.1, 0.15) is 5.25 Å². The van der Waals surface area contributed by atoms with E-state index >= 15 is 0 Å². The molecule has 126 valence electrons. The standard InChI is InChI=1S/C18H19NO3S2/c1-11(18(21)22)24-16-7-3-2-5-13(16)17(20)19-14-6-4-8-15-12(14)9-10-23-15/h2-3,5,7,9-11,14H,4,6,8H2,1H3,(H,19,20)(H,21,22). The molecule has 1 aromatic carbocycles. The highest BCUT2D eigenvalue weighted by Crippen LogP contribution is 2.34. The number of rotatable bonds is 5. The van der Waals surface area contributed by atoms with E-state index in [4.69, 9.17) is 5.11 Å². The first-order valence-corrected chi connectivity index (χ1v) is 9.68. The molecule has 2 atom stereocenters. The van der Waals surface area contributed by atoms with Crippen molar-refractivity contribution in [2.24, 2.45) is 0 Å². The van der Waals surface area contributed by atoms with Gasteiger partial charge in [0.05, 0.1) is 11.6 Å². The summed E-state index contributed by atoms with van der Waals surface area (Å²) < 4.78 is 0. The minimum atomic E-state index is -0.884. The normalized spacial score (nSPS) is 17.8. The third-order valence-electron chi connectivity index (χ3n) is 4.14. The minimum absolute atomic E-state index is 0.0439. The van der Waals surface area contributed by atoms with Crippen LogP contribution >= 0.6 is 23.1 Å². The lowest BCUT2D eigenvalue weighted by atomic mass is 9.94. The highest BCUT2D eigenvalue weighted by Gasteiger charge is 2.24. The van der Waals surface area contributed by atoms with E-state index in [0.717, 1.165) is 19.3 Å². The summed E-state index contributed by atoms with van der Waals surface area (Å²) in [4.78, 5) is 25.9. The maximum absolute atomic E-state index is 12.7. The zero-order chi connectivity index (χ0) is 17.1. The fourth-order valence-electron chi connectivity index (χ4n) is 2.87. The van der Waals surface area contributed by atoms with Crippen molar-refractivity contribution in [3.8, 4) is 0 Å². The van der Waals surface area contributed by atoms with Crippen molar-refractivity contribution in [3.63, 3.8) is 0 Å². The first-order valence-electron chi connectivity index (χ1n) is 7.92. The number of carboxylic acid groups (broad SMARTS) is 1. The Kier molecular flexibility index (Phi) is 5.26. The predicted octanol–water partition coefficient (Wildman–Crippen LogP) is 4.12. The quantitative estimate of drug-likeness (QED) is 0.786. The molecule has 0 radical (unpaired) electrons. The molecule has 0 bridgehead atoms. The Balaban J connectivity index is 1.78. The Morgan fingerprint density at radius 3 is 2.92 bits per heavy atom. The van der Waals surface area contributed by atoms with Gasteiger partial charge in [0.25, 0.3) is 5.91 Å². The molecule has 2 unspecified atom stereocenters. The molecule has 4 nitrogen and oxygen atoms in total. The molecule has 0 saturated heterocycles. The number of aliphatic carboxylic acids is 1. The molecule has 1 aliphatic rings. The van der Waals surface area contributed by atoms with E-state index in [1.54, 1.807) is 36.5 Å². The highest BCUT2D eigenvalue weighted by atomic mass is 32.2. The number of benzene rings is 1. The highest BCUT2D eigenvalue weighted by molar-refractivity contribution is 8.00. The van der Waals surface area contributed by atoms with Crippen LogP contribution in [0.2, 0.25) is 0 Å². The van der Waals surface area contributed by atoms with Crippen molar-refractivity contribution in [1.29, 1.82) is 0 Å². The van der Waals surface area contributed by atoms with Crippen molar-refractivity contribution in [1.82, 2.24) is 5.32 Å². The van der Waals surface area contributed by atoms with Crippen LogP contribution in [0.5, 0.6) is 0 Å². The Morgan fingerprint density at radius 2 is 2.12 bits per heavy atom. The molecule has 0 fully saturated rings. The van der Waals surface area contributed by atoms with Crippen LogP contribution < -0.4 is 5.32 Å². The summed E-state index contributed by atoms with van der Waals surface area (Å²) in [6.45, 7) is 1.63. The molecule has 6 heteroatoms. The molecule has 3 rings (SSSR count). The van der Waals surface area contributed by atoms with E-state index in [2.05, 4.69) is 16.8 Å². The summed E-state index contributed by atoms with van der Waals surface area (Å²) in [5, 5.41) is 13.7. The molecular weight excluding hydrogens is 342 g/mol. The van der Waals surface area contributed by atoms with Gasteiger partial charge in [0.2, 0.25) is 0 Å². The van der Waals surface area contributed by atoms with Crippen LogP contribution in [0.4, 0.5) is 0 Å². The summed E-state index contributed by atoms with van der Waals surface area (Å²) in [5.74, 6) is -1.02. The molecule has 1 aliphatic carbocycles. The van der Waals surface area contributed by atoms with Crippen molar-refractivity contribution in [2.75, 3.05) is 0 Å². The van der Waals surface area contributed by atoms with Gasteiger partial charge in [-0.3, -0.25) is 9.59 Å². The maximum Gasteiger partial charge on any atom is 0.316 e. The van der Waals surface area contributed by atoms with Crippen molar-refractivity contribution < 1.29 is 14.7 Å². The van der Waals surface area contributed by atoms with Crippen molar-refractivity contribution in [2.45, 2.75) is 42.4 Å². The van der Waals surface area contributed by atoms with Gasteiger partial charge in [-0.25, -0.2) is 0 Å². The number of carbonyl (C=O) groups excluding carboxylic acids is 1. The fourth-order valence-corrected chi connectivity index (χ4v) is 4.78. The molecule has 0 spiro atoms. The number of amides is 1. The molecule has 1 amide bonds. The van der Waals surface area contributed by atoms with Gasteiger partial charge in [0, 0.05) is 9.77 Å². The van der Waals surface area contributed by atoms with Crippen LogP contribution in [0.25, 0.3) is 0 Å². The Labute approximate surface area is 149 Å². The second kappa shape index (κ2) is 7.40. The van der Waals surface area contributed by atoms with E-state index in [1.807, 2.05) is 6.07 Å². The Bertz CT molecular complexity index is 756. The second-order valence-corrected chi connectivity index (χ2v) is 8.20. The maximum atomic E-state index is 12.7. The topological polar surface area (TPSA) is 66.4 Å². The number of thioether (sulfide) groups is 1. The van der Waals surface area contributed by atoms with Gasteiger partial charge < -0.3 is 10.4 Å². The molecular formula is C18H19NO3S2. The van der Waals surface area contributed by atoms with E-state index in [0.29, 0.717) is 10.5 Å². The Hall–Kier alpha value is -1.79. The molecule has 0 aliphatic heterocycles. The van der Waals surface area contributed by atoms with E-state index in [1.165, 1.54) is 22.2 Å². The second-order valence-electron chi connectivity index (χ2n) is 5.81. The smallest absolute Gasteiger partial charge is 0.316 e. The van der Waals surface area contributed by atoms with Crippen LogP contribution in [-0.2, 0) is 11.2 Å². The molecule has 24 heavy (non-hydrogen) atoms. The number of thiophene rings is 1. The van der Waals surface area contributed by atoms with Crippen molar-refractivity contribution >= 4 is 35.0 Å². The lowest BCUT2D eigenvalue weighted by Crippen LogP contribution is -2.30. The summed E-state index contributed by atoms with van der Waals surface area (Å²) in [7, 11) is 0. The number of hydrogen-bond acceptors (Lipinski definition) is 4. The SMILES string of the molecule is CC(Sc1ccccc1C(=O)NC1CCCc2sccc21)C(=O)O. The number of fused-ring (bicyclic) bond motifs is 1. The average Bonchev–Trinajstić information content (AvgIpc) is 3.05. The van der Waals surface area contributed by atoms with Crippen LogP contribution in [0.15, 0.2) is 40.6 Å². The third kappa shape index (κ3) is 3.65. The van der Waals surface area contributed by atoms with E-state index in [-0.39, 0.29) is 11.9 Å². The average molecular weight is 361 g/mol. The van der Waals surface area contributed by atoms with Gasteiger partial charge in [-0.15, -0.1) is 23.1 Å². The molecule has 2 aromatic rings. The Morgan fingerprint density at radius 1 is 1.33 bits per heavy atom. The van der Waals surface area contributed by atoms with Gasteiger partial charge >= 0.3 is 5.97 Å². The first kappa shape index (κ1) is 17.0. The summed E-state index contributed by atoms with van der Waals surface area (Å²) >= 11 is 2.94. The van der Waals surface area contributed by atoms with Crippen LogP contribution in [0, 0.1) is 0 Å². The number of nitrogens with one attached hydrogen (secondary N) is 1. The zero-order valence-corrected chi connectivity index (χ0v) is 15.0. The third-order valence-corrected chi connectivity index (χ3v) is 6.30. The fraction of sp³-hybridized carbons (Fsp3) is 0.333. The monoisotopic (exact) mass is 361 g/mol. The van der Waals surface area contributed by atoms with Crippen molar-refractivity contribution in [3.05, 3.63) is 51.7 Å². The predicted molar refractivity (Wildman–Crippen MR) is 96.9 cm³/mol. The summed E-state index contributed by atoms with van der Waals surface area (Å²) in [6.07, 6.45) is 3.10. The van der Waals surface area contributed by atoms with Crippen LogP contribution in [0.1, 0.15) is 46.6 Å². The van der Waals surface area contributed by atoms with Gasteiger partial charge in [0.15, 0.2) is 0 Å². The number of hydrogen-bond donors (Lipinski definition) is 2. The lowest BCUT2D eigenvalue weighted by molar-refractivity contribution is -0.136. The number of carbonyl (C=O) groups is 2. The summed E-state index contributed by atoms with van der Waals surface area (Å²) in [6, 6.07) is 9.33. The number of carboxylic acids is 1. The van der Waals surface area contributed by atoms with E-state index in [9.17, 15) is 9.59 Å². The van der Waals surface area contributed by atoms with Gasteiger partial charge in [-0.05, 0) is 55.3 Å². The number of aryl methyl sites for hydroxylation is 1. The van der Waals surface area contributed by atoms with Gasteiger partial charge in [-0.1, -0.05) is 12.1 Å². The minimum Gasteiger partial charge on any atom is -0.480 e. The van der Waals surface area contributed by atoms with Crippen LogP contribution in [0.3, 0.4) is 0 Å². The van der Waals surface area contributed by atoms with E-state index < -0.39 is 11.2 Å². The largest absolute Gasteiger partial charge is 0.480 e. The lowest BCUT2D eigenvalue weighted by Gasteiger charge is -2.24.